The van der Waals surface area contributed by atoms with Crippen LogP contribution in [0.5, 0.6) is 0 Å². The zero-order valence-corrected chi connectivity index (χ0v) is 23.3. The van der Waals surface area contributed by atoms with Gasteiger partial charge in [-0.1, -0.05) is 84.6 Å². The SMILES string of the molecule is C=CC(=O)OCCCCCCC(C)COC(=O)C=C.C=CC(=O)OCCCCCCCCCOC(=O)C=C. The summed E-state index contributed by atoms with van der Waals surface area (Å²) in [7, 11) is 0. The van der Waals surface area contributed by atoms with Gasteiger partial charge in [-0.2, -0.15) is 0 Å². The van der Waals surface area contributed by atoms with Gasteiger partial charge in [-0.05, 0) is 31.6 Å². The van der Waals surface area contributed by atoms with Gasteiger partial charge in [-0.3, -0.25) is 0 Å². The standard InChI is InChI=1S/2C15H24O4/c1-4-14(16)18-11-9-7-6-8-10-13(3)12-19-15(17)5-2;1-3-14(16)18-12-10-8-6-5-7-9-11-13-19-15(17)4-2/h4-5,13H,1-2,6-12H2,3H3;3-4H,1-2,5-13H2. The highest BCUT2D eigenvalue weighted by atomic mass is 16.5. The molecule has 0 aliphatic heterocycles. The van der Waals surface area contributed by atoms with Crippen molar-refractivity contribution >= 4 is 23.9 Å². The van der Waals surface area contributed by atoms with Crippen molar-refractivity contribution in [3.05, 3.63) is 50.6 Å². The van der Waals surface area contributed by atoms with E-state index in [0.717, 1.165) is 77.0 Å². The van der Waals surface area contributed by atoms with Crippen molar-refractivity contribution in [2.24, 2.45) is 5.92 Å². The van der Waals surface area contributed by atoms with Crippen LogP contribution < -0.4 is 0 Å². The Hall–Kier alpha value is -3.16. The average Bonchev–Trinajstić information content (AvgIpc) is 2.93. The second kappa shape index (κ2) is 28.4. The molecule has 0 heterocycles. The first-order chi connectivity index (χ1) is 18.3. The number of hydrogen-bond donors (Lipinski definition) is 0. The number of rotatable bonds is 23. The molecule has 38 heavy (non-hydrogen) atoms. The average molecular weight is 537 g/mol. The lowest BCUT2D eigenvalue weighted by Crippen LogP contribution is -2.09. The van der Waals surface area contributed by atoms with E-state index in [4.69, 9.17) is 18.9 Å². The minimum atomic E-state index is -0.365. The summed E-state index contributed by atoms with van der Waals surface area (Å²) in [4.78, 5) is 43.1. The van der Waals surface area contributed by atoms with Gasteiger partial charge >= 0.3 is 23.9 Å². The largest absolute Gasteiger partial charge is 0.463 e. The maximum absolute atomic E-state index is 10.9. The molecule has 0 bridgehead atoms. The second-order valence-corrected chi connectivity index (χ2v) is 8.73. The van der Waals surface area contributed by atoms with Gasteiger partial charge in [0.1, 0.15) is 0 Å². The van der Waals surface area contributed by atoms with Crippen LogP contribution in [0.4, 0.5) is 0 Å². The van der Waals surface area contributed by atoms with Gasteiger partial charge in [0.05, 0.1) is 26.4 Å². The molecule has 0 rings (SSSR count). The maximum atomic E-state index is 10.9. The van der Waals surface area contributed by atoms with E-state index in [1.165, 1.54) is 24.3 Å². The third-order valence-corrected chi connectivity index (χ3v) is 5.29. The first-order valence-corrected chi connectivity index (χ1v) is 13.5. The lowest BCUT2D eigenvalue weighted by atomic mass is 10.0. The molecule has 8 nitrogen and oxygen atoms in total. The van der Waals surface area contributed by atoms with Crippen molar-refractivity contribution < 1.29 is 38.1 Å². The predicted octanol–water partition coefficient (Wildman–Crippen LogP) is 6.21. The number of ether oxygens (including phenoxy) is 4. The normalized spacial score (nSPS) is 10.6. The van der Waals surface area contributed by atoms with Gasteiger partial charge < -0.3 is 18.9 Å². The summed E-state index contributed by atoms with van der Waals surface area (Å²) in [6.45, 7) is 17.2. The van der Waals surface area contributed by atoms with Crippen LogP contribution in [0.25, 0.3) is 0 Å². The molecule has 0 aromatic carbocycles. The van der Waals surface area contributed by atoms with Gasteiger partial charge in [-0.15, -0.1) is 0 Å². The minimum Gasteiger partial charge on any atom is -0.463 e. The van der Waals surface area contributed by atoms with Crippen LogP contribution in [-0.4, -0.2) is 50.3 Å². The van der Waals surface area contributed by atoms with Crippen LogP contribution in [-0.2, 0) is 38.1 Å². The van der Waals surface area contributed by atoms with Crippen LogP contribution in [0.2, 0.25) is 0 Å². The summed E-state index contributed by atoms with van der Waals surface area (Å²) in [6, 6.07) is 0. The van der Waals surface area contributed by atoms with E-state index in [1.807, 2.05) is 0 Å². The lowest BCUT2D eigenvalue weighted by molar-refractivity contribution is -0.139. The Morgan fingerprint density at radius 2 is 0.789 bits per heavy atom. The Kier molecular flexibility index (Phi) is 27.7. The van der Waals surface area contributed by atoms with Crippen LogP contribution in [0.3, 0.4) is 0 Å². The van der Waals surface area contributed by atoms with Gasteiger partial charge in [0.2, 0.25) is 0 Å². The molecule has 1 unspecified atom stereocenters. The summed E-state index contributed by atoms with van der Waals surface area (Å²) in [6.07, 6.45) is 17.2. The monoisotopic (exact) mass is 536 g/mol. The van der Waals surface area contributed by atoms with Crippen molar-refractivity contribution in [1.82, 2.24) is 0 Å². The Bertz CT molecular complexity index is 670. The number of carbonyl (C=O) groups excluding carboxylic acids is 4. The Labute approximate surface area is 229 Å². The molecular weight excluding hydrogens is 488 g/mol. The van der Waals surface area contributed by atoms with E-state index in [0.29, 0.717) is 32.3 Å². The molecule has 0 saturated heterocycles. The fourth-order valence-corrected chi connectivity index (χ4v) is 3.10. The third-order valence-electron chi connectivity index (χ3n) is 5.29. The van der Waals surface area contributed by atoms with E-state index >= 15 is 0 Å². The molecule has 0 aromatic heterocycles. The van der Waals surface area contributed by atoms with Crippen molar-refractivity contribution in [2.45, 2.75) is 84.0 Å². The number of esters is 4. The minimum absolute atomic E-state index is 0.353. The number of carbonyl (C=O) groups is 4. The van der Waals surface area contributed by atoms with Crippen LogP contribution >= 0.6 is 0 Å². The first-order valence-electron chi connectivity index (χ1n) is 13.5. The van der Waals surface area contributed by atoms with Gasteiger partial charge in [-0.25, -0.2) is 19.2 Å². The summed E-state index contributed by atoms with van der Waals surface area (Å²) < 4.78 is 19.6. The van der Waals surface area contributed by atoms with E-state index in [1.54, 1.807) is 0 Å². The van der Waals surface area contributed by atoms with Crippen LogP contribution in [0, 0.1) is 5.92 Å². The summed E-state index contributed by atoms with van der Waals surface area (Å²) in [5.41, 5.74) is 0. The molecule has 0 radical (unpaired) electrons. The van der Waals surface area contributed by atoms with Gasteiger partial charge in [0.15, 0.2) is 0 Å². The van der Waals surface area contributed by atoms with E-state index < -0.39 is 0 Å². The first kappa shape index (κ1) is 37.0. The molecule has 0 aromatic rings. The highest BCUT2D eigenvalue weighted by Gasteiger charge is 2.05. The molecule has 1 atom stereocenters. The molecule has 8 heteroatoms. The molecular formula is C30H48O8. The summed E-state index contributed by atoms with van der Waals surface area (Å²) in [5.74, 6) is -1.07. The zero-order chi connectivity index (χ0) is 28.9. The van der Waals surface area contributed by atoms with E-state index in [9.17, 15) is 19.2 Å². The van der Waals surface area contributed by atoms with Crippen molar-refractivity contribution in [3.8, 4) is 0 Å². The van der Waals surface area contributed by atoms with Crippen molar-refractivity contribution in [1.29, 1.82) is 0 Å². The molecule has 0 saturated carbocycles. The Morgan fingerprint density at radius 1 is 0.500 bits per heavy atom. The predicted molar refractivity (Wildman–Crippen MR) is 149 cm³/mol. The highest BCUT2D eigenvalue weighted by molar-refractivity contribution is 5.82. The summed E-state index contributed by atoms with van der Waals surface area (Å²) >= 11 is 0. The second-order valence-electron chi connectivity index (χ2n) is 8.73. The van der Waals surface area contributed by atoms with Crippen LogP contribution in [0.15, 0.2) is 50.6 Å². The van der Waals surface area contributed by atoms with E-state index in [-0.39, 0.29) is 23.9 Å². The molecule has 216 valence electrons. The molecule has 0 N–H and O–H groups in total. The number of hydrogen-bond acceptors (Lipinski definition) is 8. The quantitative estimate of drug-likeness (QED) is 0.0657. The molecule has 0 amide bonds. The highest BCUT2D eigenvalue weighted by Crippen LogP contribution is 2.11. The van der Waals surface area contributed by atoms with E-state index in [2.05, 4.69) is 33.2 Å². The molecule has 0 fully saturated rings. The maximum Gasteiger partial charge on any atom is 0.330 e. The third kappa shape index (κ3) is 29.1. The van der Waals surface area contributed by atoms with Crippen molar-refractivity contribution in [2.75, 3.05) is 26.4 Å². The molecule has 0 spiro atoms. The fraction of sp³-hybridized carbons (Fsp3) is 0.600. The zero-order valence-electron chi connectivity index (χ0n) is 23.3. The lowest BCUT2D eigenvalue weighted by Gasteiger charge is -2.10. The Morgan fingerprint density at radius 3 is 1.13 bits per heavy atom. The van der Waals surface area contributed by atoms with Crippen molar-refractivity contribution in [3.63, 3.8) is 0 Å². The summed E-state index contributed by atoms with van der Waals surface area (Å²) in [5, 5.41) is 0. The van der Waals surface area contributed by atoms with Gasteiger partial charge in [0, 0.05) is 24.3 Å². The fourth-order valence-electron chi connectivity index (χ4n) is 3.10. The number of unbranched alkanes of at least 4 members (excludes halogenated alkanes) is 9. The van der Waals surface area contributed by atoms with Crippen LogP contribution in [0.1, 0.15) is 84.0 Å². The smallest absolute Gasteiger partial charge is 0.330 e. The Balaban J connectivity index is 0. The topological polar surface area (TPSA) is 105 Å². The molecule has 0 aliphatic rings. The molecule has 0 aliphatic carbocycles. The van der Waals surface area contributed by atoms with Gasteiger partial charge in [0.25, 0.3) is 0 Å².